The fourth-order valence-corrected chi connectivity index (χ4v) is 4.13. The second-order valence-electron chi connectivity index (χ2n) is 7.25. The number of para-hydroxylation sites is 1. The first-order valence-electron chi connectivity index (χ1n) is 9.26. The maximum Gasteiger partial charge on any atom is 0.289 e. The van der Waals surface area contributed by atoms with Crippen LogP contribution in [-0.2, 0) is 4.74 Å². The van der Waals surface area contributed by atoms with Gasteiger partial charge >= 0.3 is 0 Å². The number of fused-ring (bicyclic) bond motifs is 1. The Hall–Kier alpha value is -1.85. The zero-order valence-corrected chi connectivity index (χ0v) is 15.0. The predicted octanol–water partition coefficient (Wildman–Crippen LogP) is 3.07. The molecule has 2 fully saturated rings. The summed E-state index contributed by atoms with van der Waals surface area (Å²) in [4.78, 5) is 17.4. The smallest absolute Gasteiger partial charge is 0.289 e. The highest BCUT2D eigenvalue weighted by Gasteiger charge is 2.31. The molecule has 2 aliphatic rings. The summed E-state index contributed by atoms with van der Waals surface area (Å²) in [6, 6.07) is 8.41. The molecule has 0 aliphatic carbocycles. The number of benzene rings is 1. The van der Waals surface area contributed by atoms with Crippen molar-refractivity contribution in [1.82, 2.24) is 9.80 Å². The number of aryl methyl sites for hydroxylation is 1. The molecule has 2 aliphatic heterocycles. The van der Waals surface area contributed by atoms with Gasteiger partial charge in [-0.25, -0.2) is 0 Å². The van der Waals surface area contributed by atoms with Crippen LogP contribution < -0.4 is 0 Å². The van der Waals surface area contributed by atoms with E-state index in [1.807, 2.05) is 36.1 Å². The first-order chi connectivity index (χ1) is 12.1. The van der Waals surface area contributed by atoms with E-state index >= 15 is 0 Å². The van der Waals surface area contributed by atoms with E-state index in [0.29, 0.717) is 17.9 Å². The van der Waals surface area contributed by atoms with Crippen molar-refractivity contribution >= 4 is 16.9 Å². The van der Waals surface area contributed by atoms with Crippen LogP contribution >= 0.6 is 0 Å². The zero-order chi connectivity index (χ0) is 17.4. The molecule has 1 unspecified atom stereocenters. The molecular formula is C20H26N2O3. The van der Waals surface area contributed by atoms with Crippen molar-refractivity contribution in [3.8, 4) is 0 Å². The van der Waals surface area contributed by atoms with Crippen LogP contribution in [0.25, 0.3) is 11.0 Å². The van der Waals surface area contributed by atoms with Crippen LogP contribution in [0.5, 0.6) is 0 Å². The van der Waals surface area contributed by atoms with Crippen LogP contribution in [0.15, 0.2) is 28.7 Å². The fourth-order valence-electron chi connectivity index (χ4n) is 4.13. The third-order valence-electron chi connectivity index (χ3n) is 5.58. The molecule has 1 aromatic heterocycles. The third-order valence-corrected chi connectivity index (χ3v) is 5.58. The molecule has 0 saturated carbocycles. The van der Waals surface area contributed by atoms with Crippen LogP contribution in [0.1, 0.15) is 35.9 Å². The van der Waals surface area contributed by atoms with Gasteiger partial charge in [0.2, 0.25) is 0 Å². The largest absolute Gasteiger partial charge is 0.451 e. The van der Waals surface area contributed by atoms with Gasteiger partial charge in [-0.3, -0.25) is 9.69 Å². The monoisotopic (exact) mass is 342 g/mol. The average molecular weight is 342 g/mol. The van der Waals surface area contributed by atoms with Crippen molar-refractivity contribution in [2.45, 2.75) is 38.8 Å². The highest BCUT2D eigenvalue weighted by atomic mass is 16.5. The first kappa shape index (κ1) is 16.6. The molecular weight excluding hydrogens is 316 g/mol. The van der Waals surface area contributed by atoms with Gasteiger partial charge in [0.15, 0.2) is 5.76 Å². The van der Waals surface area contributed by atoms with E-state index in [-0.39, 0.29) is 5.91 Å². The number of amides is 1. The Kier molecular flexibility index (Phi) is 4.52. The first-order valence-corrected chi connectivity index (χ1v) is 9.26. The van der Waals surface area contributed by atoms with Gasteiger partial charge < -0.3 is 14.1 Å². The number of nitrogens with zero attached hydrogens (tertiary/aromatic N) is 2. The zero-order valence-electron chi connectivity index (χ0n) is 15.0. The Balaban J connectivity index is 1.43. The number of carbonyl (C=O) groups is 1. The van der Waals surface area contributed by atoms with Crippen LogP contribution in [0.4, 0.5) is 0 Å². The Labute approximate surface area is 148 Å². The number of furan rings is 1. The Bertz CT molecular complexity index is 761. The summed E-state index contributed by atoms with van der Waals surface area (Å²) in [6.07, 6.45) is 2.36. The lowest BCUT2D eigenvalue weighted by atomic mass is 10.0. The number of piperidine rings is 1. The number of carbonyl (C=O) groups excluding carboxylic acids is 1. The molecule has 0 spiro atoms. The second kappa shape index (κ2) is 6.81. The van der Waals surface area contributed by atoms with Crippen molar-refractivity contribution < 1.29 is 13.9 Å². The number of hydrogen-bond acceptors (Lipinski definition) is 4. The van der Waals surface area contributed by atoms with Crippen LogP contribution in [0.3, 0.4) is 0 Å². The van der Waals surface area contributed by atoms with Crippen LogP contribution in [-0.4, -0.2) is 60.6 Å². The number of ether oxygens (including phenoxy) is 1. The van der Waals surface area contributed by atoms with Crippen molar-refractivity contribution in [3.05, 3.63) is 35.6 Å². The van der Waals surface area contributed by atoms with Gasteiger partial charge in [0.05, 0.1) is 12.7 Å². The normalized spacial score (nSPS) is 23.3. The van der Waals surface area contributed by atoms with E-state index in [1.54, 1.807) is 0 Å². The van der Waals surface area contributed by atoms with Crippen LogP contribution in [0.2, 0.25) is 0 Å². The molecule has 0 bridgehead atoms. The van der Waals surface area contributed by atoms with Crippen molar-refractivity contribution in [2.24, 2.45) is 0 Å². The number of hydrogen-bond donors (Lipinski definition) is 0. The van der Waals surface area contributed by atoms with E-state index in [4.69, 9.17) is 9.15 Å². The van der Waals surface area contributed by atoms with Gasteiger partial charge in [0, 0.05) is 43.2 Å². The number of rotatable bonds is 2. The standard InChI is InChI=1S/C20H26N2O3/c1-14-13-22(11-12-24-14)16-7-9-21(10-8-16)20(23)19-15(2)17-5-3-4-6-18(17)25-19/h3-6,14,16H,7-13H2,1-2H3. The lowest BCUT2D eigenvalue weighted by Crippen LogP contribution is -2.51. The summed E-state index contributed by atoms with van der Waals surface area (Å²) in [5.74, 6) is 0.530. The summed E-state index contributed by atoms with van der Waals surface area (Å²) >= 11 is 0. The van der Waals surface area contributed by atoms with Gasteiger partial charge in [-0.2, -0.15) is 0 Å². The number of likely N-dealkylation sites (tertiary alicyclic amines) is 1. The maximum absolute atomic E-state index is 12.9. The van der Waals surface area contributed by atoms with E-state index in [9.17, 15) is 4.79 Å². The predicted molar refractivity (Wildman–Crippen MR) is 96.9 cm³/mol. The minimum Gasteiger partial charge on any atom is -0.451 e. The van der Waals surface area contributed by atoms with E-state index < -0.39 is 0 Å². The van der Waals surface area contributed by atoms with Gasteiger partial charge in [-0.1, -0.05) is 18.2 Å². The molecule has 1 atom stereocenters. The lowest BCUT2D eigenvalue weighted by molar-refractivity contribution is -0.0424. The van der Waals surface area contributed by atoms with E-state index in [0.717, 1.165) is 62.2 Å². The molecule has 1 aromatic carbocycles. The highest BCUT2D eigenvalue weighted by Crippen LogP contribution is 2.27. The Morgan fingerprint density at radius 1 is 1.16 bits per heavy atom. The summed E-state index contributed by atoms with van der Waals surface area (Å²) < 4.78 is 11.5. The van der Waals surface area contributed by atoms with E-state index in [1.165, 1.54) is 0 Å². The third kappa shape index (κ3) is 3.18. The van der Waals surface area contributed by atoms with Gasteiger partial charge in [-0.05, 0) is 32.8 Å². The molecule has 0 N–H and O–H groups in total. The van der Waals surface area contributed by atoms with Crippen molar-refractivity contribution in [3.63, 3.8) is 0 Å². The molecule has 2 aromatic rings. The Morgan fingerprint density at radius 3 is 2.64 bits per heavy atom. The molecule has 0 radical (unpaired) electrons. The SMILES string of the molecule is Cc1c(C(=O)N2CCC(N3CCOC(C)C3)CC2)oc2ccccc12. The molecule has 5 heteroatoms. The van der Waals surface area contributed by atoms with Crippen LogP contribution in [0, 0.1) is 6.92 Å². The Morgan fingerprint density at radius 2 is 1.92 bits per heavy atom. The molecule has 25 heavy (non-hydrogen) atoms. The molecule has 3 heterocycles. The van der Waals surface area contributed by atoms with Gasteiger partial charge in [0.25, 0.3) is 5.91 Å². The fraction of sp³-hybridized carbons (Fsp3) is 0.550. The molecule has 1 amide bonds. The minimum atomic E-state index is 0.0301. The van der Waals surface area contributed by atoms with Crippen molar-refractivity contribution in [2.75, 3.05) is 32.8 Å². The summed E-state index contributed by atoms with van der Waals surface area (Å²) in [7, 11) is 0. The maximum atomic E-state index is 12.9. The van der Waals surface area contributed by atoms with Gasteiger partial charge in [-0.15, -0.1) is 0 Å². The molecule has 5 nitrogen and oxygen atoms in total. The van der Waals surface area contributed by atoms with Crippen molar-refractivity contribution in [1.29, 1.82) is 0 Å². The van der Waals surface area contributed by atoms with Gasteiger partial charge in [0.1, 0.15) is 5.58 Å². The molecule has 4 rings (SSSR count). The lowest BCUT2D eigenvalue weighted by Gasteiger charge is -2.41. The molecule has 134 valence electrons. The molecule has 2 saturated heterocycles. The topological polar surface area (TPSA) is 45.9 Å². The minimum absolute atomic E-state index is 0.0301. The average Bonchev–Trinajstić information content (AvgIpc) is 2.98. The number of morpholine rings is 1. The van der Waals surface area contributed by atoms with E-state index in [2.05, 4.69) is 11.8 Å². The summed E-state index contributed by atoms with van der Waals surface area (Å²) in [6.45, 7) is 8.53. The second-order valence-corrected chi connectivity index (χ2v) is 7.25. The highest BCUT2D eigenvalue weighted by molar-refractivity contribution is 5.98. The summed E-state index contributed by atoms with van der Waals surface area (Å²) in [5, 5.41) is 1.03. The quantitative estimate of drug-likeness (QED) is 0.841. The summed E-state index contributed by atoms with van der Waals surface area (Å²) in [5.41, 5.74) is 1.74.